The minimum Gasteiger partial charge on any atom is -0.484 e. The standard InChI is InChI=1S/C15H16N2O3/c1-11(14-10-16-8-9-17-14)20-13-5-2-12(3-6-13)4-7-15(18)19/h2-3,5-6,8-11H,4,7H2,1H3,(H,18,19). The van der Waals surface area contributed by atoms with Crippen molar-refractivity contribution in [2.24, 2.45) is 0 Å². The number of nitrogens with zero attached hydrogens (tertiary/aromatic N) is 2. The molecule has 1 aromatic carbocycles. The van der Waals surface area contributed by atoms with Gasteiger partial charge in [-0.1, -0.05) is 12.1 Å². The Morgan fingerprint density at radius 2 is 2.05 bits per heavy atom. The Morgan fingerprint density at radius 3 is 2.65 bits per heavy atom. The molecule has 0 aliphatic rings. The fourth-order valence-electron chi connectivity index (χ4n) is 1.77. The number of carboxylic acid groups (broad SMARTS) is 1. The minimum atomic E-state index is -0.790. The van der Waals surface area contributed by atoms with Crippen molar-refractivity contribution in [1.29, 1.82) is 0 Å². The van der Waals surface area contributed by atoms with Gasteiger partial charge in [0, 0.05) is 18.8 Å². The summed E-state index contributed by atoms with van der Waals surface area (Å²) in [5.41, 5.74) is 1.74. The highest BCUT2D eigenvalue weighted by molar-refractivity contribution is 5.67. The Hall–Kier alpha value is -2.43. The van der Waals surface area contributed by atoms with E-state index in [-0.39, 0.29) is 12.5 Å². The maximum Gasteiger partial charge on any atom is 0.303 e. The molecule has 0 radical (unpaired) electrons. The molecule has 1 aromatic heterocycles. The van der Waals surface area contributed by atoms with E-state index in [1.165, 1.54) is 0 Å². The number of hydrogen-bond donors (Lipinski definition) is 1. The number of rotatable bonds is 6. The van der Waals surface area contributed by atoms with Gasteiger partial charge in [-0.05, 0) is 31.0 Å². The third-order valence-electron chi connectivity index (χ3n) is 2.86. The van der Waals surface area contributed by atoms with E-state index in [2.05, 4.69) is 9.97 Å². The molecule has 0 spiro atoms. The van der Waals surface area contributed by atoms with E-state index in [0.717, 1.165) is 17.0 Å². The van der Waals surface area contributed by atoms with Crippen LogP contribution in [0.15, 0.2) is 42.9 Å². The number of aliphatic carboxylic acids is 1. The quantitative estimate of drug-likeness (QED) is 0.875. The van der Waals surface area contributed by atoms with Crippen LogP contribution >= 0.6 is 0 Å². The first-order valence-electron chi connectivity index (χ1n) is 6.38. The molecule has 0 saturated heterocycles. The Morgan fingerprint density at radius 1 is 1.30 bits per heavy atom. The highest BCUT2D eigenvalue weighted by Gasteiger charge is 2.08. The van der Waals surface area contributed by atoms with Crippen LogP contribution in [0.25, 0.3) is 0 Å². The third kappa shape index (κ3) is 4.05. The Balaban J connectivity index is 1.95. The van der Waals surface area contributed by atoms with E-state index >= 15 is 0 Å². The number of aromatic nitrogens is 2. The number of aryl methyl sites for hydroxylation is 1. The minimum absolute atomic E-state index is 0.135. The lowest BCUT2D eigenvalue weighted by Gasteiger charge is -2.13. The third-order valence-corrected chi connectivity index (χ3v) is 2.86. The van der Waals surface area contributed by atoms with Crippen LogP contribution < -0.4 is 4.74 Å². The van der Waals surface area contributed by atoms with Gasteiger partial charge in [0.05, 0.1) is 11.9 Å². The van der Waals surface area contributed by atoms with Crippen molar-refractivity contribution in [3.05, 3.63) is 54.1 Å². The first-order valence-corrected chi connectivity index (χ1v) is 6.38. The lowest BCUT2D eigenvalue weighted by Crippen LogP contribution is -2.05. The molecule has 0 aliphatic heterocycles. The van der Waals surface area contributed by atoms with Crippen molar-refractivity contribution in [3.8, 4) is 5.75 Å². The topological polar surface area (TPSA) is 72.3 Å². The zero-order chi connectivity index (χ0) is 14.4. The lowest BCUT2D eigenvalue weighted by molar-refractivity contribution is -0.136. The maximum atomic E-state index is 10.5. The molecule has 104 valence electrons. The molecule has 2 aromatic rings. The molecule has 1 unspecified atom stereocenters. The van der Waals surface area contributed by atoms with Crippen molar-refractivity contribution in [2.75, 3.05) is 0 Å². The van der Waals surface area contributed by atoms with Crippen LogP contribution in [0.3, 0.4) is 0 Å². The highest BCUT2D eigenvalue weighted by atomic mass is 16.5. The number of ether oxygens (including phenoxy) is 1. The van der Waals surface area contributed by atoms with Crippen LogP contribution in [0.4, 0.5) is 0 Å². The van der Waals surface area contributed by atoms with Crippen molar-refractivity contribution in [3.63, 3.8) is 0 Å². The molecule has 0 aliphatic carbocycles. The average molecular weight is 272 g/mol. The van der Waals surface area contributed by atoms with E-state index in [1.54, 1.807) is 18.6 Å². The van der Waals surface area contributed by atoms with E-state index in [9.17, 15) is 4.79 Å². The smallest absolute Gasteiger partial charge is 0.303 e. The van der Waals surface area contributed by atoms with Gasteiger partial charge in [0.15, 0.2) is 0 Å². The Kier molecular flexibility index (Phi) is 4.65. The van der Waals surface area contributed by atoms with Gasteiger partial charge in [-0.25, -0.2) is 0 Å². The maximum absolute atomic E-state index is 10.5. The van der Waals surface area contributed by atoms with Gasteiger partial charge >= 0.3 is 5.97 Å². The molecule has 0 amide bonds. The molecular formula is C15H16N2O3. The van der Waals surface area contributed by atoms with Gasteiger partial charge in [0.2, 0.25) is 0 Å². The predicted molar refractivity (Wildman–Crippen MR) is 73.5 cm³/mol. The normalized spacial score (nSPS) is 11.8. The first kappa shape index (κ1) is 14.0. The average Bonchev–Trinajstić information content (AvgIpc) is 2.47. The summed E-state index contributed by atoms with van der Waals surface area (Å²) in [5.74, 6) is -0.0659. The van der Waals surface area contributed by atoms with Gasteiger partial charge in [-0.2, -0.15) is 0 Å². The SMILES string of the molecule is CC(Oc1ccc(CCC(=O)O)cc1)c1cnccn1. The van der Waals surface area contributed by atoms with E-state index in [4.69, 9.17) is 9.84 Å². The number of benzene rings is 1. The van der Waals surface area contributed by atoms with Gasteiger partial charge in [-0.15, -0.1) is 0 Å². The van der Waals surface area contributed by atoms with Gasteiger partial charge < -0.3 is 9.84 Å². The fourth-order valence-corrected chi connectivity index (χ4v) is 1.77. The Bertz CT molecular complexity index is 555. The lowest BCUT2D eigenvalue weighted by atomic mass is 10.1. The molecular weight excluding hydrogens is 256 g/mol. The molecule has 2 rings (SSSR count). The van der Waals surface area contributed by atoms with Crippen LogP contribution in [-0.2, 0) is 11.2 Å². The molecule has 1 N–H and O–H groups in total. The summed E-state index contributed by atoms with van der Waals surface area (Å²) >= 11 is 0. The van der Waals surface area contributed by atoms with E-state index < -0.39 is 5.97 Å². The van der Waals surface area contributed by atoms with Crippen molar-refractivity contribution in [2.45, 2.75) is 25.9 Å². The van der Waals surface area contributed by atoms with Gasteiger partial charge in [-0.3, -0.25) is 14.8 Å². The zero-order valence-electron chi connectivity index (χ0n) is 11.2. The van der Waals surface area contributed by atoms with Crippen LogP contribution in [0.2, 0.25) is 0 Å². The van der Waals surface area contributed by atoms with E-state index in [0.29, 0.717) is 6.42 Å². The number of hydrogen-bond acceptors (Lipinski definition) is 4. The summed E-state index contributed by atoms with van der Waals surface area (Å²) < 4.78 is 5.76. The molecule has 20 heavy (non-hydrogen) atoms. The molecule has 0 bridgehead atoms. The molecule has 1 heterocycles. The number of carboxylic acids is 1. The molecule has 0 fully saturated rings. The largest absolute Gasteiger partial charge is 0.484 e. The Labute approximate surface area is 117 Å². The summed E-state index contributed by atoms with van der Waals surface area (Å²) in [6.45, 7) is 1.91. The van der Waals surface area contributed by atoms with Crippen molar-refractivity contribution < 1.29 is 14.6 Å². The summed E-state index contributed by atoms with van der Waals surface area (Å²) in [7, 11) is 0. The monoisotopic (exact) mass is 272 g/mol. The second-order valence-corrected chi connectivity index (χ2v) is 4.43. The van der Waals surface area contributed by atoms with Crippen LogP contribution in [0.1, 0.15) is 30.7 Å². The summed E-state index contributed by atoms with van der Waals surface area (Å²) in [4.78, 5) is 18.7. The van der Waals surface area contributed by atoms with E-state index in [1.807, 2.05) is 31.2 Å². The van der Waals surface area contributed by atoms with Crippen molar-refractivity contribution in [1.82, 2.24) is 9.97 Å². The van der Waals surface area contributed by atoms with Gasteiger partial charge in [0.25, 0.3) is 0 Å². The fraction of sp³-hybridized carbons (Fsp3) is 0.267. The van der Waals surface area contributed by atoms with Crippen molar-refractivity contribution >= 4 is 5.97 Å². The first-order chi connectivity index (χ1) is 9.65. The van der Waals surface area contributed by atoms with Gasteiger partial charge in [0.1, 0.15) is 11.9 Å². The second-order valence-electron chi connectivity index (χ2n) is 4.43. The summed E-state index contributed by atoms with van der Waals surface area (Å²) in [5, 5.41) is 8.64. The second kappa shape index (κ2) is 6.65. The van der Waals surface area contributed by atoms with Crippen LogP contribution in [0.5, 0.6) is 5.75 Å². The van der Waals surface area contributed by atoms with Crippen LogP contribution in [-0.4, -0.2) is 21.0 Å². The molecule has 1 atom stereocenters. The molecule has 5 heteroatoms. The summed E-state index contributed by atoms with van der Waals surface area (Å²) in [6.07, 6.45) is 5.39. The number of carbonyl (C=O) groups is 1. The summed E-state index contributed by atoms with van der Waals surface area (Å²) in [6, 6.07) is 7.43. The molecule has 5 nitrogen and oxygen atoms in total. The zero-order valence-corrected chi connectivity index (χ0v) is 11.2. The molecule has 0 saturated carbocycles. The van der Waals surface area contributed by atoms with Crippen LogP contribution in [0, 0.1) is 0 Å². The highest BCUT2D eigenvalue weighted by Crippen LogP contribution is 2.20. The predicted octanol–water partition coefficient (Wildman–Crippen LogP) is 2.63.